The van der Waals surface area contributed by atoms with Crippen molar-refractivity contribution in [2.45, 2.75) is 18.9 Å². The molecule has 0 aliphatic rings. The van der Waals surface area contributed by atoms with E-state index < -0.39 is 23.5 Å². The number of para-hydroxylation sites is 1. The molecular formula is C22H17N2O6-. The minimum Gasteiger partial charge on any atom is -0.548 e. The van der Waals surface area contributed by atoms with E-state index in [2.05, 4.69) is 10.3 Å². The zero-order chi connectivity index (χ0) is 21.3. The second kappa shape index (κ2) is 7.75. The lowest BCUT2D eigenvalue weighted by Crippen LogP contribution is -2.49. The van der Waals surface area contributed by atoms with Gasteiger partial charge in [-0.1, -0.05) is 18.2 Å². The molecule has 0 spiro atoms. The zero-order valence-corrected chi connectivity index (χ0v) is 15.7. The summed E-state index contributed by atoms with van der Waals surface area (Å²) in [7, 11) is 0. The molecule has 4 aromatic rings. The third-order valence-corrected chi connectivity index (χ3v) is 4.88. The van der Waals surface area contributed by atoms with E-state index >= 15 is 0 Å². The molecule has 2 aromatic heterocycles. The van der Waals surface area contributed by atoms with E-state index in [1.165, 1.54) is 24.3 Å². The molecule has 0 saturated heterocycles. The molecule has 152 valence electrons. The Morgan fingerprint density at radius 2 is 1.90 bits per heavy atom. The Bertz CT molecular complexity index is 1320. The SMILES string of the molecule is O=C(Cc1cc(=O)oc2cc(O)ccc12)N[C@@H](Cc1c[nH]c2ccccc12)C(=O)[O-]. The fraction of sp³-hybridized carbons (Fsp3) is 0.136. The summed E-state index contributed by atoms with van der Waals surface area (Å²) in [5.74, 6) is -2.07. The Hall–Kier alpha value is -4.07. The molecule has 3 N–H and O–H groups in total. The van der Waals surface area contributed by atoms with Gasteiger partial charge in [-0.3, -0.25) is 4.79 Å². The lowest BCUT2D eigenvalue weighted by Gasteiger charge is -2.19. The topological polar surface area (TPSA) is 135 Å². The summed E-state index contributed by atoms with van der Waals surface area (Å²) >= 11 is 0. The number of aromatic hydroxyl groups is 1. The van der Waals surface area contributed by atoms with Gasteiger partial charge in [-0.25, -0.2) is 4.79 Å². The van der Waals surface area contributed by atoms with Crippen LogP contribution in [-0.4, -0.2) is 28.0 Å². The minimum absolute atomic E-state index is 0.0453. The summed E-state index contributed by atoms with van der Waals surface area (Å²) in [6.07, 6.45) is 1.52. The van der Waals surface area contributed by atoms with Gasteiger partial charge in [-0.15, -0.1) is 0 Å². The van der Waals surface area contributed by atoms with Crippen molar-refractivity contribution in [3.05, 3.63) is 76.3 Å². The number of aromatic amines is 1. The Morgan fingerprint density at radius 1 is 1.10 bits per heavy atom. The number of carbonyl (C=O) groups is 2. The lowest BCUT2D eigenvalue weighted by molar-refractivity contribution is -0.308. The number of benzene rings is 2. The molecule has 2 heterocycles. The number of rotatable bonds is 6. The number of carboxylic acid groups (broad SMARTS) is 1. The molecule has 30 heavy (non-hydrogen) atoms. The van der Waals surface area contributed by atoms with E-state index in [0.717, 1.165) is 16.5 Å². The molecule has 0 fully saturated rings. The third-order valence-electron chi connectivity index (χ3n) is 4.88. The number of H-pyrrole nitrogens is 1. The summed E-state index contributed by atoms with van der Waals surface area (Å²) < 4.78 is 5.04. The number of aliphatic carboxylic acids is 1. The van der Waals surface area contributed by atoms with Crippen molar-refractivity contribution >= 4 is 33.7 Å². The Labute approximate surface area is 169 Å². The average molecular weight is 405 g/mol. The van der Waals surface area contributed by atoms with Gasteiger partial charge in [-0.05, 0) is 29.3 Å². The second-order valence-corrected chi connectivity index (χ2v) is 6.95. The predicted octanol–water partition coefficient (Wildman–Crippen LogP) is 1.000. The summed E-state index contributed by atoms with van der Waals surface area (Å²) in [4.78, 5) is 39.0. The number of carbonyl (C=O) groups excluding carboxylic acids is 2. The third kappa shape index (κ3) is 3.88. The smallest absolute Gasteiger partial charge is 0.336 e. The Morgan fingerprint density at radius 3 is 2.70 bits per heavy atom. The van der Waals surface area contributed by atoms with Crippen molar-refractivity contribution < 1.29 is 24.2 Å². The number of hydrogen-bond acceptors (Lipinski definition) is 6. The number of nitrogens with one attached hydrogen (secondary N) is 2. The van der Waals surface area contributed by atoms with E-state index in [1.54, 1.807) is 6.20 Å². The summed E-state index contributed by atoms with van der Waals surface area (Å²) in [5, 5.41) is 25.0. The van der Waals surface area contributed by atoms with Gasteiger partial charge < -0.3 is 29.7 Å². The van der Waals surface area contributed by atoms with Gasteiger partial charge in [0.2, 0.25) is 5.91 Å². The van der Waals surface area contributed by atoms with Crippen LogP contribution in [0.3, 0.4) is 0 Å². The van der Waals surface area contributed by atoms with Crippen molar-refractivity contribution in [2.75, 3.05) is 0 Å². The van der Waals surface area contributed by atoms with Crippen LogP contribution in [-0.2, 0) is 22.4 Å². The first-order valence-electron chi connectivity index (χ1n) is 9.21. The molecule has 0 unspecified atom stereocenters. The zero-order valence-electron chi connectivity index (χ0n) is 15.7. The van der Waals surface area contributed by atoms with Gasteiger partial charge in [0.15, 0.2) is 0 Å². The maximum absolute atomic E-state index is 12.5. The maximum atomic E-state index is 12.5. The van der Waals surface area contributed by atoms with Crippen molar-refractivity contribution in [2.24, 2.45) is 0 Å². The van der Waals surface area contributed by atoms with Gasteiger partial charge in [-0.2, -0.15) is 0 Å². The molecule has 0 aliphatic carbocycles. The molecular weight excluding hydrogens is 388 g/mol. The molecule has 0 saturated carbocycles. The maximum Gasteiger partial charge on any atom is 0.336 e. The molecule has 8 nitrogen and oxygen atoms in total. The van der Waals surface area contributed by atoms with Crippen LogP contribution in [0.2, 0.25) is 0 Å². The number of phenolic OH excluding ortho intramolecular Hbond substituents is 1. The highest BCUT2D eigenvalue weighted by molar-refractivity contribution is 5.90. The molecule has 2 aromatic carbocycles. The minimum atomic E-state index is -1.41. The number of carboxylic acids is 1. The molecule has 0 radical (unpaired) electrons. The number of hydrogen-bond donors (Lipinski definition) is 3. The molecule has 1 atom stereocenters. The largest absolute Gasteiger partial charge is 0.548 e. The number of fused-ring (bicyclic) bond motifs is 2. The fourth-order valence-corrected chi connectivity index (χ4v) is 3.50. The number of aromatic nitrogens is 1. The van der Waals surface area contributed by atoms with Crippen LogP contribution < -0.4 is 16.0 Å². The first-order chi connectivity index (χ1) is 14.4. The average Bonchev–Trinajstić information content (AvgIpc) is 3.10. The monoisotopic (exact) mass is 405 g/mol. The lowest BCUT2D eigenvalue weighted by atomic mass is 10.0. The summed E-state index contributed by atoms with van der Waals surface area (Å²) in [6, 6.07) is 11.6. The van der Waals surface area contributed by atoms with Gasteiger partial charge in [0.25, 0.3) is 0 Å². The Balaban J connectivity index is 1.55. The fourth-order valence-electron chi connectivity index (χ4n) is 3.50. The molecule has 8 heteroatoms. The number of amides is 1. The highest BCUT2D eigenvalue weighted by Crippen LogP contribution is 2.22. The Kier molecular flexibility index (Phi) is 4.97. The summed E-state index contributed by atoms with van der Waals surface area (Å²) in [5.41, 5.74) is 1.43. The van der Waals surface area contributed by atoms with Gasteiger partial charge >= 0.3 is 5.63 Å². The first-order valence-corrected chi connectivity index (χ1v) is 9.21. The van der Waals surface area contributed by atoms with Gasteiger partial charge in [0.05, 0.1) is 18.4 Å². The van der Waals surface area contributed by atoms with E-state index in [9.17, 15) is 24.6 Å². The standard InChI is InChI=1S/C22H18N2O6/c25-14-5-6-16-12(9-21(27)30-19(16)10-14)8-20(26)24-18(22(28)29)7-13-11-23-17-4-2-1-3-15(13)17/h1-6,9-11,18,23,25H,7-8H2,(H,24,26)(H,28,29)/p-1/t18-/m0/s1. The van der Waals surface area contributed by atoms with Crippen LogP contribution >= 0.6 is 0 Å². The van der Waals surface area contributed by atoms with Crippen molar-refractivity contribution in [1.29, 1.82) is 0 Å². The highest BCUT2D eigenvalue weighted by atomic mass is 16.4. The summed E-state index contributed by atoms with van der Waals surface area (Å²) in [6.45, 7) is 0. The molecule has 0 bridgehead atoms. The van der Waals surface area contributed by atoms with Crippen molar-refractivity contribution in [3.63, 3.8) is 0 Å². The van der Waals surface area contributed by atoms with Crippen LogP contribution in [0.25, 0.3) is 21.9 Å². The van der Waals surface area contributed by atoms with E-state index in [-0.39, 0.29) is 24.2 Å². The van der Waals surface area contributed by atoms with Crippen LogP contribution in [0.4, 0.5) is 0 Å². The predicted molar refractivity (Wildman–Crippen MR) is 107 cm³/mol. The van der Waals surface area contributed by atoms with Crippen LogP contribution in [0, 0.1) is 0 Å². The molecule has 0 aliphatic heterocycles. The van der Waals surface area contributed by atoms with E-state index in [4.69, 9.17) is 4.42 Å². The highest BCUT2D eigenvalue weighted by Gasteiger charge is 2.18. The van der Waals surface area contributed by atoms with Crippen molar-refractivity contribution in [1.82, 2.24) is 10.3 Å². The second-order valence-electron chi connectivity index (χ2n) is 6.95. The van der Waals surface area contributed by atoms with E-state index in [1.807, 2.05) is 24.3 Å². The van der Waals surface area contributed by atoms with Crippen molar-refractivity contribution in [3.8, 4) is 5.75 Å². The quantitative estimate of drug-likeness (QED) is 0.410. The van der Waals surface area contributed by atoms with Gasteiger partial charge in [0, 0.05) is 41.0 Å². The van der Waals surface area contributed by atoms with Crippen LogP contribution in [0.15, 0.2) is 63.9 Å². The van der Waals surface area contributed by atoms with Crippen LogP contribution in [0.5, 0.6) is 5.75 Å². The van der Waals surface area contributed by atoms with E-state index in [0.29, 0.717) is 10.9 Å². The molecule has 1 amide bonds. The van der Waals surface area contributed by atoms with Crippen LogP contribution in [0.1, 0.15) is 11.1 Å². The number of phenols is 1. The normalized spacial score (nSPS) is 12.1. The van der Waals surface area contributed by atoms with Gasteiger partial charge in [0.1, 0.15) is 11.3 Å². The molecule has 4 rings (SSSR count). The first kappa shape index (κ1) is 19.3.